The highest BCUT2D eigenvalue weighted by Gasteiger charge is 2.35. The van der Waals surface area contributed by atoms with Gasteiger partial charge < -0.3 is 14.2 Å². The molecular formula is C23H26O5. The molecule has 0 saturated heterocycles. The number of hydrogen-bond donors (Lipinski definition) is 0. The summed E-state index contributed by atoms with van der Waals surface area (Å²) in [6.45, 7) is 4.84. The maximum Gasteiger partial charge on any atom is 0.334 e. The van der Waals surface area contributed by atoms with Gasteiger partial charge in [-0.2, -0.15) is 0 Å². The summed E-state index contributed by atoms with van der Waals surface area (Å²) in [7, 11) is 1.34. The fourth-order valence-electron chi connectivity index (χ4n) is 3.48. The molecular weight excluding hydrogens is 356 g/mol. The summed E-state index contributed by atoms with van der Waals surface area (Å²) in [5.41, 5.74) is 1.55. The zero-order valence-electron chi connectivity index (χ0n) is 16.6. The van der Waals surface area contributed by atoms with Gasteiger partial charge >= 0.3 is 5.97 Å². The van der Waals surface area contributed by atoms with Gasteiger partial charge in [0, 0.05) is 36.0 Å². The lowest BCUT2D eigenvalue weighted by Crippen LogP contribution is -2.27. The number of methoxy groups -OCH3 is 1. The van der Waals surface area contributed by atoms with Crippen LogP contribution in [0.3, 0.4) is 0 Å². The van der Waals surface area contributed by atoms with Crippen LogP contribution in [-0.2, 0) is 19.1 Å². The third-order valence-corrected chi connectivity index (χ3v) is 4.87. The molecule has 0 spiro atoms. The van der Waals surface area contributed by atoms with Gasteiger partial charge in [0.1, 0.15) is 24.7 Å². The highest BCUT2D eigenvalue weighted by atomic mass is 16.5. The lowest BCUT2D eigenvalue weighted by Gasteiger charge is -2.32. The van der Waals surface area contributed by atoms with E-state index in [1.165, 1.54) is 7.11 Å². The molecule has 0 aromatic heterocycles. The van der Waals surface area contributed by atoms with Crippen molar-refractivity contribution in [1.82, 2.24) is 0 Å². The molecule has 0 radical (unpaired) electrons. The van der Waals surface area contributed by atoms with Gasteiger partial charge in [0.05, 0.1) is 7.11 Å². The Balaban J connectivity index is 2.09. The van der Waals surface area contributed by atoms with Gasteiger partial charge in [0.15, 0.2) is 5.78 Å². The molecule has 5 nitrogen and oxygen atoms in total. The number of carbonyl (C=O) groups is 2. The Morgan fingerprint density at radius 2 is 1.79 bits per heavy atom. The number of para-hydroxylation sites is 1. The van der Waals surface area contributed by atoms with Crippen LogP contribution < -0.4 is 4.74 Å². The number of fused-ring (bicyclic) bond motifs is 1. The molecule has 5 heteroatoms. The van der Waals surface area contributed by atoms with Crippen molar-refractivity contribution in [3.63, 3.8) is 0 Å². The maximum absolute atomic E-state index is 12.9. The Bertz CT molecular complexity index is 857. The van der Waals surface area contributed by atoms with E-state index in [9.17, 15) is 9.59 Å². The Morgan fingerprint density at radius 3 is 2.54 bits per heavy atom. The monoisotopic (exact) mass is 382 g/mol. The summed E-state index contributed by atoms with van der Waals surface area (Å²) in [6.07, 6.45) is 6.76. The van der Waals surface area contributed by atoms with Gasteiger partial charge in [0.25, 0.3) is 0 Å². The smallest absolute Gasteiger partial charge is 0.334 e. The number of esters is 1. The fourth-order valence-corrected chi connectivity index (χ4v) is 3.48. The first-order chi connectivity index (χ1) is 13.4. The van der Waals surface area contributed by atoms with Gasteiger partial charge in [-0.3, -0.25) is 4.79 Å². The van der Waals surface area contributed by atoms with Gasteiger partial charge in [-0.05, 0) is 29.7 Å². The highest BCUT2D eigenvalue weighted by Crippen LogP contribution is 2.39. The normalized spacial score (nSPS) is 22.5. The largest absolute Gasteiger partial charge is 0.493 e. The predicted octanol–water partition coefficient (Wildman–Crippen LogP) is 4.24. The summed E-state index contributed by atoms with van der Waals surface area (Å²) in [6, 6.07) is 7.48. The summed E-state index contributed by atoms with van der Waals surface area (Å²) in [4.78, 5) is 25.3. The molecule has 3 rings (SSSR count). The Labute approximate surface area is 165 Å². The average Bonchev–Trinajstić information content (AvgIpc) is 2.66. The average molecular weight is 382 g/mol. The van der Waals surface area contributed by atoms with Crippen LogP contribution in [0.1, 0.15) is 38.7 Å². The molecule has 1 aromatic rings. The van der Waals surface area contributed by atoms with Gasteiger partial charge in [-0.25, -0.2) is 4.79 Å². The standard InChI is InChI=1S/C23H26O5/c1-23(2)14-19(24)18-13-17(22(25)26-3)12-16-8-4-5-9-20(16)27-10-6-7-11-28-21(18)15-23/h4-9,12H,10-11,13-15H2,1-3H3/b7-6+,17-12+. The van der Waals surface area contributed by atoms with Crippen molar-refractivity contribution in [3.8, 4) is 5.75 Å². The van der Waals surface area contributed by atoms with E-state index in [1.807, 2.05) is 36.4 Å². The number of allylic oxidation sites excluding steroid dienone is 2. The minimum Gasteiger partial charge on any atom is -0.493 e. The summed E-state index contributed by atoms with van der Waals surface area (Å²) < 4.78 is 16.7. The molecule has 2 aliphatic rings. The first-order valence-corrected chi connectivity index (χ1v) is 9.43. The third kappa shape index (κ3) is 4.71. The second-order valence-electron chi connectivity index (χ2n) is 7.81. The van der Waals surface area contributed by atoms with Crippen molar-refractivity contribution in [3.05, 3.63) is 58.9 Å². The Hall–Kier alpha value is -2.82. The van der Waals surface area contributed by atoms with E-state index >= 15 is 0 Å². The van der Waals surface area contributed by atoms with Crippen molar-refractivity contribution >= 4 is 17.8 Å². The zero-order chi connectivity index (χ0) is 20.1. The predicted molar refractivity (Wildman–Crippen MR) is 107 cm³/mol. The molecule has 28 heavy (non-hydrogen) atoms. The molecule has 1 aliphatic carbocycles. The first-order valence-electron chi connectivity index (χ1n) is 9.43. The van der Waals surface area contributed by atoms with E-state index in [0.717, 1.165) is 5.56 Å². The molecule has 0 saturated carbocycles. The number of carbonyl (C=O) groups excluding carboxylic acids is 2. The molecule has 0 bridgehead atoms. The lowest BCUT2D eigenvalue weighted by atomic mass is 9.75. The van der Waals surface area contributed by atoms with E-state index in [0.29, 0.717) is 48.7 Å². The van der Waals surface area contributed by atoms with Crippen molar-refractivity contribution < 1.29 is 23.8 Å². The van der Waals surface area contributed by atoms with Gasteiger partial charge in [0.2, 0.25) is 0 Å². The van der Waals surface area contributed by atoms with E-state index < -0.39 is 5.97 Å². The lowest BCUT2D eigenvalue weighted by molar-refractivity contribution is -0.136. The second-order valence-corrected chi connectivity index (χ2v) is 7.81. The number of ether oxygens (including phenoxy) is 3. The van der Waals surface area contributed by atoms with Crippen molar-refractivity contribution in [2.75, 3.05) is 20.3 Å². The summed E-state index contributed by atoms with van der Waals surface area (Å²) in [5.74, 6) is 0.880. The summed E-state index contributed by atoms with van der Waals surface area (Å²) in [5, 5.41) is 0. The number of ketones is 1. The molecule has 0 amide bonds. The summed E-state index contributed by atoms with van der Waals surface area (Å²) >= 11 is 0. The van der Waals surface area contributed by atoms with Crippen LogP contribution >= 0.6 is 0 Å². The van der Waals surface area contributed by atoms with Crippen LogP contribution in [0.15, 0.2) is 53.3 Å². The van der Waals surface area contributed by atoms with Crippen LogP contribution in [0.25, 0.3) is 6.08 Å². The second kappa shape index (κ2) is 8.46. The molecule has 1 aliphatic heterocycles. The van der Waals surface area contributed by atoms with Gasteiger partial charge in [-0.15, -0.1) is 0 Å². The minimum absolute atomic E-state index is 0.0180. The maximum atomic E-state index is 12.9. The van der Waals surface area contributed by atoms with E-state index in [1.54, 1.807) is 6.08 Å². The Morgan fingerprint density at radius 1 is 1.07 bits per heavy atom. The topological polar surface area (TPSA) is 61.8 Å². The highest BCUT2D eigenvalue weighted by molar-refractivity contribution is 6.01. The van der Waals surface area contributed by atoms with Crippen LogP contribution in [0, 0.1) is 5.41 Å². The molecule has 0 atom stereocenters. The van der Waals surface area contributed by atoms with E-state index in [2.05, 4.69) is 13.8 Å². The van der Waals surface area contributed by atoms with Crippen LogP contribution in [0.4, 0.5) is 0 Å². The first kappa shape index (κ1) is 19.9. The van der Waals surface area contributed by atoms with E-state index in [-0.39, 0.29) is 17.6 Å². The SMILES string of the molecule is COC(=O)/C1=C/c2ccccc2OC/C=C/COC2=C(C1)C(=O)CC(C)(C)C2. The number of benzene rings is 1. The van der Waals surface area contributed by atoms with Crippen LogP contribution in [0.5, 0.6) is 5.75 Å². The molecule has 0 unspecified atom stereocenters. The van der Waals surface area contributed by atoms with Crippen LogP contribution in [-0.4, -0.2) is 32.1 Å². The van der Waals surface area contributed by atoms with Crippen LogP contribution in [0.2, 0.25) is 0 Å². The third-order valence-electron chi connectivity index (χ3n) is 4.87. The fraction of sp³-hybridized carbons (Fsp3) is 0.391. The minimum atomic E-state index is -0.465. The molecule has 0 fully saturated rings. The molecule has 0 N–H and O–H groups in total. The van der Waals surface area contributed by atoms with Crippen molar-refractivity contribution in [2.45, 2.75) is 33.1 Å². The number of rotatable bonds is 1. The quantitative estimate of drug-likeness (QED) is 0.537. The zero-order valence-corrected chi connectivity index (χ0v) is 16.6. The number of hydrogen-bond acceptors (Lipinski definition) is 5. The van der Waals surface area contributed by atoms with Crippen molar-refractivity contribution in [1.29, 1.82) is 0 Å². The van der Waals surface area contributed by atoms with Crippen molar-refractivity contribution in [2.24, 2.45) is 5.41 Å². The Kier molecular flexibility index (Phi) is 6.02. The molecule has 1 heterocycles. The molecule has 148 valence electrons. The van der Waals surface area contributed by atoms with E-state index in [4.69, 9.17) is 14.2 Å². The molecule has 1 aromatic carbocycles. The number of Topliss-reactive ketones (excluding diaryl/α,β-unsaturated/α-hetero) is 1. The van der Waals surface area contributed by atoms with Gasteiger partial charge in [-0.1, -0.05) is 32.0 Å².